The maximum atomic E-state index is 12.8. The highest BCUT2D eigenvalue weighted by Crippen LogP contribution is 2.27. The van der Waals surface area contributed by atoms with Crippen molar-refractivity contribution in [1.82, 2.24) is 4.90 Å². The zero-order valence-corrected chi connectivity index (χ0v) is 12.9. The molecule has 4 nitrogen and oxygen atoms in total. The zero-order chi connectivity index (χ0) is 15.4. The van der Waals surface area contributed by atoms with Crippen LogP contribution < -0.4 is 0 Å². The van der Waals surface area contributed by atoms with Crippen LogP contribution in [0.1, 0.15) is 47.9 Å². The molecule has 1 amide bonds. The van der Waals surface area contributed by atoms with Gasteiger partial charge in [-0.05, 0) is 37.8 Å². The third kappa shape index (κ3) is 3.23. The van der Waals surface area contributed by atoms with Gasteiger partial charge in [0.05, 0.1) is 13.2 Å². The number of ether oxygens (including phenoxy) is 2. The Labute approximate surface area is 131 Å². The van der Waals surface area contributed by atoms with E-state index < -0.39 is 0 Å². The van der Waals surface area contributed by atoms with E-state index in [-0.39, 0.29) is 12.2 Å². The Morgan fingerprint density at radius 2 is 2.18 bits per heavy atom. The SMILES string of the molecule is C=CCCC1CCCN1C(=O)c1cccc(C2OCCO2)c1. The Balaban J connectivity index is 1.73. The number of rotatable bonds is 5. The highest BCUT2D eigenvalue weighted by Gasteiger charge is 2.29. The van der Waals surface area contributed by atoms with Crippen molar-refractivity contribution >= 4 is 5.91 Å². The van der Waals surface area contributed by atoms with Crippen molar-refractivity contribution in [3.8, 4) is 0 Å². The van der Waals surface area contributed by atoms with Crippen LogP contribution in [-0.2, 0) is 9.47 Å². The number of allylic oxidation sites excluding steroid dienone is 1. The van der Waals surface area contributed by atoms with Gasteiger partial charge in [0.25, 0.3) is 5.91 Å². The minimum Gasteiger partial charge on any atom is -0.346 e. The largest absolute Gasteiger partial charge is 0.346 e. The van der Waals surface area contributed by atoms with Crippen LogP contribution in [0.4, 0.5) is 0 Å². The van der Waals surface area contributed by atoms with Crippen molar-refractivity contribution < 1.29 is 14.3 Å². The fourth-order valence-corrected chi connectivity index (χ4v) is 3.25. The molecule has 1 aromatic carbocycles. The van der Waals surface area contributed by atoms with Gasteiger partial charge in [0.1, 0.15) is 0 Å². The lowest BCUT2D eigenvalue weighted by Gasteiger charge is -2.25. The van der Waals surface area contributed by atoms with Crippen molar-refractivity contribution in [2.45, 2.75) is 38.0 Å². The predicted molar refractivity (Wildman–Crippen MR) is 84.6 cm³/mol. The van der Waals surface area contributed by atoms with Crippen LogP contribution in [0, 0.1) is 0 Å². The minimum absolute atomic E-state index is 0.117. The molecule has 0 radical (unpaired) electrons. The average Bonchev–Trinajstić information content (AvgIpc) is 3.23. The smallest absolute Gasteiger partial charge is 0.254 e. The minimum atomic E-state index is -0.331. The summed E-state index contributed by atoms with van der Waals surface area (Å²) in [5, 5.41) is 0. The molecular weight excluding hydrogens is 278 g/mol. The molecule has 118 valence electrons. The van der Waals surface area contributed by atoms with E-state index in [4.69, 9.17) is 9.47 Å². The fourth-order valence-electron chi connectivity index (χ4n) is 3.25. The highest BCUT2D eigenvalue weighted by atomic mass is 16.7. The van der Waals surface area contributed by atoms with Crippen molar-refractivity contribution in [2.24, 2.45) is 0 Å². The first-order valence-corrected chi connectivity index (χ1v) is 8.04. The number of carbonyl (C=O) groups excluding carboxylic acids is 1. The van der Waals surface area contributed by atoms with Gasteiger partial charge >= 0.3 is 0 Å². The van der Waals surface area contributed by atoms with Crippen molar-refractivity contribution in [1.29, 1.82) is 0 Å². The molecule has 2 fully saturated rings. The molecule has 2 saturated heterocycles. The molecular formula is C18H23NO3. The van der Waals surface area contributed by atoms with E-state index in [1.54, 1.807) is 0 Å². The van der Waals surface area contributed by atoms with E-state index in [0.717, 1.165) is 43.4 Å². The Morgan fingerprint density at radius 1 is 1.36 bits per heavy atom. The predicted octanol–water partition coefficient (Wildman–Crippen LogP) is 3.30. The summed E-state index contributed by atoms with van der Waals surface area (Å²) in [5.74, 6) is 0.117. The van der Waals surface area contributed by atoms with Crippen LogP contribution in [-0.4, -0.2) is 36.6 Å². The van der Waals surface area contributed by atoms with Crippen LogP contribution in [0.15, 0.2) is 36.9 Å². The molecule has 1 unspecified atom stereocenters. The lowest BCUT2D eigenvalue weighted by molar-refractivity contribution is -0.0441. The first kappa shape index (κ1) is 15.3. The van der Waals surface area contributed by atoms with E-state index >= 15 is 0 Å². The number of hydrogen-bond donors (Lipinski definition) is 0. The van der Waals surface area contributed by atoms with Gasteiger partial charge in [0.15, 0.2) is 6.29 Å². The first-order valence-electron chi connectivity index (χ1n) is 8.04. The summed E-state index contributed by atoms with van der Waals surface area (Å²) >= 11 is 0. The molecule has 22 heavy (non-hydrogen) atoms. The molecule has 4 heteroatoms. The highest BCUT2D eigenvalue weighted by molar-refractivity contribution is 5.94. The lowest BCUT2D eigenvalue weighted by Crippen LogP contribution is -2.35. The second-order valence-corrected chi connectivity index (χ2v) is 5.86. The molecule has 1 aromatic rings. The summed E-state index contributed by atoms with van der Waals surface area (Å²) in [6.07, 6.45) is 5.73. The van der Waals surface area contributed by atoms with Crippen LogP contribution in [0.25, 0.3) is 0 Å². The van der Waals surface area contributed by atoms with Crippen LogP contribution in [0.2, 0.25) is 0 Å². The first-order chi connectivity index (χ1) is 10.8. The van der Waals surface area contributed by atoms with Gasteiger partial charge in [-0.1, -0.05) is 18.2 Å². The molecule has 3 rings (SSSR count). The van der Waals surface area contributed by atoms with Crippen molar-refractivity contribution in [2.75, 3.05) is 19.8 Å². The number of carbonyl (C=O) groups is 1. The number of nitrogens with zero attached hydrogens (tertiary/aromatic N) is 1. The summed E-state index contributed by atoms with van der Waals surface area (Å²) in [6.45, 7) is 5.84. The molecule has 0 bridgehead atoms. The summed E-state index contributed by atoms with van der Waals surface area (Å²) in [5.41, 5.74) is 1.65. The number of hydrogen-bond acceptors (Lipinski definition) is 3. The monoisotopic (exact) mass is 301 g/mol. The van der Waals surface area contributed by atoms with Gasteiger partial charge in [-0.2, -0.15) is 0 Å². The Kier molecular flexibility index (Phi) is 4.90. The summed E-state index contributed by atoms with van der Waals surface area (Å²) in [4.78, 5) is 14.8. The summed E-state index contributed by atoms with van der Waals surface area (Å²) < 4.78 is 11.0. The molecule has 2 aliphatic heterocycles. The van der Waals surface area contributed by atoms with Crippen LogP contribution in [0.3, 0.4) is 0 Å². The van der Waals surface area contributed by atoms with E-state index in [9.17, 15) is 4.79 Å². The molecule has 0 N–H and O–H groups in total. The summed E-state index contributed by atoms with van der Waals surface area (Å²) in [7, 11) is 0. The van der Waals surface area contributed by atoms with Crippen molar-refractivity contribution in [3.63, 3.8) is 0 Å². The van der Waals surface area contributed by atoms with Gasteiger partial charge in [-0.25, -0.2) is 0 Å². The number of amides is 1. The Bertz CT molecular complexity index is 537. The van der Waals surface area contributed by atoms with E-state index in [1.165, 1.54) is 0 Å². The summed E-state index contributed by atoms with van der Waals surface area (Å²) in [6, 6.07) is 7.98. The lowest BCUT2D eigenvalue weighted by atomic mass is 10.1. The molecule has 2 heterocycles. The third-order valence-electron chi connectivity index (χ3n) is 4.37. The average molecular weight is 301 g/mol. The molecule has 2 aliphatic rings. The standard InChI is InChI=1S/C18H23NO3/c1-2-3-8-16-9-5-10-19(16)17(20)14-6-4-7-15(13-14)18-21-11-12-22-18/h2,4,6-7,13,16,18H,1,3,5,8-12H2. The number of benzene rings is 1. The van der Waals surface area contributed by atoms with E-state index in [2.05, 4.69) is 6.58 Å². The normalized spacial score (nSPS) is 22.2. The zero-order valence-electron chi connectivity index (χ0n) is 12.9. The topological polar surface area (TPSA) is 38.8 Å². The van der Waals surface area contributed by atoms with Gasteiger partial charge < -0.3 is 14.4 Å². The second kappa shape index (κ2) is 7.07. The van der Waals surface area contributed by atoms with E-state index in [1.807, 2.05) is 35.2 Å². The van der Waals surface area contributed by atoms with Crippen LogP contribution in [0.5, 0.6) is 0 Å². The van der Waals surface area contributed by atoms with Gasteiger partial charge in [0, 0.05) is 23.7 Å². The van der Waals surface area contributed by atoms with Gasteiger partial charge in [-0.15, -0.1) is 6.58 Å². The quantitative estimate of drug-likeness (QED) is 0.783. The number of likely N-dealkylation sites (tertiary alicyclic amines) is 1. The van der Waals surface area contributed by atoms with Crippen molar-refractivity contribution in [3.05, 3.63) is 48.0 Å². The molecule has 0 aromatic heterocycles. The molecule has 0 saturated carbocycles. The molecule has 1 atom stereocenters. The van der Waals surface area contributed by atoms with Gasteiger partial charge in [-0.3, -0.25) is 4.79 Å². The maximum absolute atomic E-state index is 12.8. The third-order valence-corrected chi connectivity index (χ3v) is 4.37. The van der Waals surface area contributed by atoms with Crippen LogP contribution >= 0.6 is 0 Å². The second-order valence-electron chi connectivity index (χ2n) is 5.86. The fraction of sp³-hybridized carbons (Fsp3) is 0.500. The van der Waals surface area contributed by atoms with E-state index in [0.29, 0.717) is 19.3 Å². The Morgan fingerprint density at radius 3 is 2.95 bits per heavy atom. The molecule has 0 spiro atoms. The Hall–Kier alpha value is -1.65. The van der Waals surface area contributed by atoms with Gasteiger partial charge in [0.2, 0.25) is 0 Å². The maximum Gasteiger partial charge on any atom is 0.254 e. The molecule has 0 aliphatic carbocycles.